The third kappa shape index (κ3) is 3.00. The summed E-state index contributed by atoms with van der Waals surface area (Å²) >= 11 is 0. The van der Waals surface area contributed by atoms with E-state index < -0.39 is 11.0 Å². The van der Waals surface area contributed by atoms with Crippen molar-refractivity contribution in [3.05, 3.63) is 70.4 Å². The second-order valence-electron chi connectivity index (χ2n) is 5.19. The molecule has 0 saturated heterocycles. The molecular formula is C17H14N4O3. The molecule has 0 atom stereocenters. The summed E-state index contributed by atoms with van der Waals surface area (Å²) in [5.41, 5.74) is 2.00. The summed E-state index contributed by atoms with van der Waals surface area (Å²) in [5, 5.41) is 17.1. The van der Waals surface area contributed by atoms with E-state index in [2.05, 4.69) is 15.6 Å². The Balaban J connectivity index is 1.97. The molecule has 0 spiro atoms. The lowest BCUT2D eigenvalue weighted by Crippen LogP contribution is -2.20. The van der Waals surface area contributed by atoms with E-state index in [9.17, 15) is 14.9 Å². The number of fused-ring (bicyclic) bond motifs is 1. The van der Waals surface area contributed by atoms with Crippen LogP contribution in [0, 0.1) is 17.0 Å². The average Bonchev–Trinajstić information content (AvgIpc) is 2.57. The number of carbonyl (C=O) groups is 1. The predicted molar refractivity (Wildman–Crippen MR) is 92.2 cm³/mol. The van der Waals surface area contributed by atoms with Gasteiger partial charge in [0.25, 0.3) is 5.69 Å². The number of benzene rings is 2. The van der Waals surface area contributed by atoms with Crippen molar-refractivity contribution in [2.45, 2.75) is 6.92 Å². The molecule has 3 aromatic rings. The Morgan fingerprint density at radius 3 is 2.54 bits per heavy atom. The monoisotopic (exact) mass is 322 g/mol. The number of aromatic nitrogens is 1. The molecule has 0 aliphatic rings. The molecule has 7 heteroatoms. The third-order valence-corrected chi connectivity index (χ3v) is 3.53. The van der Waals surface area contributed by atoms with E-state index in [1.807, 2.05) is 18.2 Å². The largest absolute Gasteiger partial charge is 0.323 e. The molecule has 0 bridgehead atoms. The number of hydrogen-bond donors (Lipinski definition) is 2. The molecule has 2 aromatic carbocycles. The molecule has 0 fully saturated rings. The maximum atomic E-state index is 12.2. The maximum absolute atomic E-state index is 12.2. The normalized spacial score (nSPS) is 10.4. The Hall–Kier alpha value is -3.48. The van der Waals surface area contributed by atoms with E-state index in [0.717, 1.165) is 0 Å². The van der Waals surface area contributed by atoms with Crippen LogP contribution in [0.4, 0.5) is 21.9 Å². The van der Waals surface area contributed by atoms with Crippen LogP contribution in [0.1, 0.15) is 5.56 Å². The minimum atomic E-state index is -0.488. The topological polar surface area (TPSA) is 97.2 Å². The van der Waals surface area contributed by atoms with Gasteiger partial charge >= 0.3 is 6.03 Å². The lowest BCUT2D eigenvalue weighted by atomic mass is 10.1. The molecule has 7 nitrogen and oxygen atoms in total. The van der Waals surface area contributed by atoms with Crippen LogP contribution in [0.3, 0.4) is 0 Å². The van der Waals surface area contributed by atoms with E-state index in [1.54, 1.807) is 31.2 Å². The van der Waals surface area contributed by atoms with Gasteiger partial charge in [0.15, 0.2) is 0 Å². The summed E-state index contributed by atoms with van der Waals surface area (Å²) < 4.78 is 0. The SMILES string of the molecule is Cc1cnc2c([N+](=O)[O-])cccc2c1NC(=O)Nc1ccccc1. The molecule has 0 unspecified atom stereocenters. The molecule has 120 valence electrons. The van der Waals surface area contributed by atoms with E-state index in [0.29, 0.717) is 22.3 Å². The Labute approximate surface area is 137 Å². The maximum Gasteiger partial charge on any atom is 0.323 e. The number of amides is 2. The zero-order valence-electron chi connectivity index (χ0n) is 12.8. The first kappa shape index (κ1) is 15.4. The smallest absolute Gasteiger partial charge is 0.308 e. The lowest BCUT2D eigenvalue weighted by molar-refractivity contribution is -0.383. The predicted octanol–water partition coefficient (Wildman–Crippen LogP) is 4.10. The van der Waals surface area contributed by atoms with Gasteiger partial charge in [-0.15, -0.1) is 0 Å². The third-order valence-electron chi connectivity index (χ3n) is 3.53. The molecule has 0 aliphatic heterocycles. The zero-order valence-corrected chi connectivity index (χ0v) is 12.8. The van der Waals surface area contributed by atoms with Gasteiger partial charge in [0.1, 0.15) is 5.52 Å². The Kier molecular flexibility index (Phi) is 4.07. The number of carbonyl (C=O) groups excluding carboxylic acids is 1. The first-order valence-corrected chi connectivity index (χ1v) is 7.22. The number of pyridine rings is 1. The van der Waals surface area contributed by atoms with Crippen molar-refractivity contribution < 1.29 is 9.72 Å². The van der Waals surface area contributed by atoms with Gasteiger partial charge in [0.2, 0.25) is 0 Å². The van der Waals surface area contributed by atoms with Gasteiger partial charge in [0.05, 0.1) is 10.6 Å². The van der Waals surface area contributed by atoms with Crippen molar-refractivity contribution in [2.75, 3.05) is 10.6 Å². The molecule has 1 aromatic heterocycles. The van der Waals surface area contributed by atoms with Crippen molar-refractivity contribution in [1.82, 2.24) is 4.98 Å². The summed E-state index contributed by atoms with van der Waals surface area (Å²) in [4.78, 5) is 27.0. The number of nitrogens with one attached hydrogen (secondary N) is 2. The second kappa shape index (κ2) is 6.33. The molecule has 0 aliphatic carbocycles. The molecule has 1 heterocycles. The van der Waals surface area contributed by atoms with Gasteiger partial charge in [-0.1, -0.05) is 30.3 Å². The minimum Gasteiger partial charge on any atom is -0.308 e. The van der Waals surface area contributed by atoms with E-state index in [1.165, 1.54) is 12.3 Å². The Morgan fingerprint density at radius 2 is 1.83 bits per heavy atom. The minimum absolute atomic E-state index is 0.0981. The molecule has 24 heavy (non-hydrogen) atoms. The van der Waals surface area contributed by atoms with Crippen LogP contribution in [-0.2, 0) is 0 Å². The quantitative estimate of drug-likeness (QED) is 0.560. The number of urea groups is 1. The highest BCUT2D eigenvalue weighted by atomic mass is 16.6. The van der Waals surface area contributed by atoms with Crippen molar-refractivity contribution in [2.24, 2.45) is 0 Å². The highest BCUT2D eigenvalue weighted by Crippen LogP contribution is 2.31. The number of anilines is 2. The molecule has 0 radical (unpaired) electrons. The molecular weight excluding hydrogens is 308 g/mol. The standard InChI is InChI=1S/C17H14N4O3/c1-11-10-18-16-13(8-5-9-14(16)21(23)24)15(11)20-17(22)19-12-6-3-2-4-7-12/h2-10H,1H3,(H2,18,19,20,22). The number of hydrogen-bond acceptors (Lipinski definition) is 4. The summed E-state index contributed by atoms with van der Waals surface area (Å²) in [6.07, 6.45) is 1.51. The van der Waals surface area contributed by atoms with Gasteiger partial charge in [0, 0.05) is 23.3 Å². The summed E-state index contributed by atoms with van der Waals surface area (Å²) in [6.45, 7) is 1.78. The number of nitrogens with zero attached hydrogens (tertiary/aromatic N) is 2. The molecule has 2 amide bonds. The molecule has 2 N–H and O–H groups in total. The molecule has 0 saturated carbocycles. The van der Waals surface area contributed by atoms with Crippen LogP contribution < -0.4 is 10.6 Å². The van der Waals surface area contributed by atoms with Crippen LogP contribution in [0.5, 0.6) is 0 Å². The summed E-state index contributed by atoms with van der Waals surface area (Å²) in [5.74, 6) is 0. The lowest BCUT2D eigenvalue weighted by Gasteiger charge is -2.12. The van der Waals surface area contributed by atoms with Crippen LogP contribution in [0.25, 0.3) is 10.9 Å². The fourth-order valence-corrected chi connectivity index (χ4v) is 2.42. The summed E-state index contributed by atoms with van der Waals surface area (Å²) in [7, 11) is 0. The van der Waals surface area contributed by atoms with Gasteiger partial charge in [-0.2, -0.15) is 0 Å². The number of aryl methyl sites for hydroxylation is 1. The van der Waals surface area contributed by atoms with Gasteiger partial charge in [-0.3, -0.25) is 10.1 Å². The van der Waals surface area contributed by atoms with Crippen molar-refractivity contribution in [1.29, 1.82) is 0 Å². The van der Waals surface area contributed by atoms with Crippen molar-refractivity contribution >= 4 is 34.0 Å². The van der Waals surface area contributed by atoms with Gasteiger partial charge in [-0.25, -0.2) is 9.78 Å². The van der Waals surface area contributed by atoms with E-state index >= 15 is 0 Å². The average molecular weight is 322 g/mol. The Morgan fingerprint density at radius 1 is 1.08 bits per heavy atom. The van der Waals surface area contributed by atoms with Crippen molar-refractivity contribution in [3.63, 3.8) is 0 Å². The van der Waals surface area contributed by atoms with Crippen LogP contribution in [0.2, 0.25) is 0 Å². The Bertz CT molecular complexity index is 926. The number of non-ortho nitro benzene ring substituents is 1. The fraction of sp³-hybridized carbons (Fsp3) is 0.0588. The first-order chi connectivity index (χ1) is 11.6. The molecule has 3 rings (SSSR count). The van der Waals surface area contributed by atoms with Gasteiger partial charge < -0.3 is 10.6 Å². The van der Waals surface area contributed by atoms with Crippen molar-refractivity contribution in [3.8, 4) is 0 Å². The highest BCUT2D eigenvalue weighted by molar-refractivity contribution is 6.07. The number of nitro benzene ring substituents is 1. The van der Waals surface area contributed by atoms with E-state index in [-0.39, 0.29) is 11.2 Å². The first-order valence-electron chi connectivity index (χ1n) is 7.22. The number of rotatable bonds is 3. The van der Waals surface area contributed by atoms with Crippen LogP contribution >= 0.6 is 0 Å². The van der Waals surface area contributed by atoms with E-state index in [4.69, 9.17) is 0 Å². The van der Waals surface area contributed by atoms with Crippen LogP contribution in [-0.4, -0.2) is 15.9 Å². The summed E-state index contributed by atoms with van der Waals surface area (Å²) in [6, 6.07) is 13.2. The van der Waals surface area contributed by atoms with Gasteiger partial charge in [-0.05, 0) is 24.6 Å². The highest BCUT2D eigenvalue weighted by Gasteiger charge is 2.17. The fourth-order valence-electron chi connectivity index (χ4n) is 2.42. The zero-order chi connectivity index (χ0) is 17.1. The number of nitro groups is 1. The second-order valence-corrected chi connectivity index (χ2v) is 5.19. The number of para-hydroxylation sites is 2. The van der Waals surface area contributed by atoms with Crippen LogP contribution in [0.15, 0.2) is 54.7 Å².